The normalized spacial score (nSPS) is 18.5. The molecule has 1 aliphatic heterocycles. The Labute approximate surface area is 72.6 Å². The molecule has 2 nitrogen and oxygen atoms in total. The van der Waals surface area contributed by atoms with E-state index in [4.69, 9.17) is 11.6 Å². The lowest BCUT2D eigenvalue weighted by atomic mass is 10.1. The van der Waals surface area contributed by atoms with E-state index < -0.39 is 0 Å². The molecule has 1 heterocycles. The lowest BCUT2D eigenvalue weighted by molar-refractivity contribution is 0.224. The van der Waals surface area contributed by atoms with E-state index in [9.17, 15) is 0 Å². The van der Waals surface area contributed by atoms with Gasteiger partial charge in [-0.1, -0.05) is 11.6 Å². The highest BCUT2D eigenvalue weighted by atomic mass is 35.5. The average Bonchev–Trinajstić information content (AvgIpc) is 1.86. The van der Waals surface area contributed by atoms with E-state index in [1.54, 1.807) is 6.20 Å². The minimum atomic E-state index is 0.0834. The molecule has 0 saturated heterocycles. The maximum absolute atomic E-state index is 5.94. The van der Waals surface area contributed by atoms with Gasteiger partial charge in [-0.25, -0.2) is 0 Å². The molecule has 0 atom stereocenters. The fourth-order valence-electron chi connectivity index (χ4n) is 0.994. The second-order valence-corrected chi connectivity index (χ2v) is 3.95. The van der Waals surface area contributed by atoms with Gasteiger partial charge in [0.2, 0.25) is 0 Å². The minimum Gasteiger partial charge on any atom is -0.351 e. The Bertz CT molecular complexity index is 201. The zero-order valence-corrected chi connectivity index (χ0v) is 7.89. The molecule has 1 aliphatic rings. The van der Waals surface area contributed by atoms with Crippen molar-refractivity contribution in [3.05, 3.63) is 11.4 Å². The molecular formula is C8H13ClN2. The van der Waals surface area contributed by atoms with Gasteiger partial charge in [-0.3, -0.25) is 4.99 Å². The first-order valence-corrected chi connectivity index (χ1v) is 4.04. The van der Waals surface area contributed by atoms with Crippen LogP contribution >= 0.6 is 11.6 Å². The van der Waals surface area contributed by atoms with Crippen LogP contribution in [-0.2, 0) is 0 Å². The van der Waals surface area contributed by atoms with Crippen molar-refractivity contribution >= 4 is 17.8 Å². The number of hydrogen-bond acceptors (Lipinski definition) is 2. The second kappa shape index (κ2) is 2.86. The molecule has 0 aliphatic carbocycles. The second-order valence-electron chi connectivity index (χ2n) is 3.56. The number of halogens is 1. The van der Waals surface area contributed by atoms with Crippen LogP contribution in [0, 0.1) is 0 Å². The summed E-state index contributed by atoms with van der Waals surface area (Å²) in [5, 5.41) is 0.722. The van der Waals surface area contributed by atoms with Crippen LogP contribution in [0.4, 0.5) is 0 Å². The molecule has 0 N–H and O–H groups in total. The van der Waals surface area contributed by atoms with E-state index in [1.807, 2.05) is 6.21 Å². The van der Waals surface area contributed by atoms with Crippen molar-refractivity contribution in [2.75, 3.05) is 6.54 Å². The Hall–Kier alpha value is -0.500. The summed E-state index contributed by atoms with van der Waals surface area (Å²) in [5.41, 5.74) is 0.0834. The molecule has 0 saturated carbocycles. The summed E-state index contributed by atoms with van der Waals surface area (Å²) in [5.74, 6) is 0. The van der Waals surface area contributed by atoms with Crippen molar-refractivity contribution in [3.8, 4) is 0 Å². The molecule has 3 heteroatoms. The zero-order chi connectivity index (χ0) is 8.48. The van der Waals surface area contributed by atoms with Crippen LogP contribution in [0.1, 0.15) is 20.8 Å². The number of aliphatic imine (C=N–C) groups is 1. The van der Waals surface area contributed by atoms with Crippen LogP contribution in [0.15, 0.2) is 16.3 Å². The first kappa shape index (κ1) is 8.60. The quantitative estimate of drug-likeness (QED) is 0.512. The summed E-state index contributed by atoms with van der Waals surface area (Å²) >= 11 is 5.94. The van der Waals surface area contributed by atoms with Gasteiger partial charge >= 0.3 is 0 Å². The molecular weight excluding hydrogens is 160 g/mol. The fraction of sp³-hybridized carbons (Fsp3) is 0.625. The van der Waals surface area contributed by atoms with Crippen molar-refractivity contribution in [1.82, 2.24) is 4.90 Å². The molecule has 1 rings (SSSR count). The summed E-state index contributed by atoms with van der Waals surface area (Å²) in [6.07, 6.45) is 3.54. The van der Waals surface area contributed by atoms with E-state index in [0.29, 0.717) is 0 Å². The van der Waals surface area contributed by atoms with Crippen LogP contribution in [-0.4, -0.2) is 23.2 Å². The lowest BCUT2D eigenvalue weighted by Crippen LogP contribution is -2.41. The summed E-state index contributed by atoms with van der Waals surface area (Å²) < 4.78 is 0. The predicted molar refractivity (Wildman–Crippen MR) is 48.9 cm³/mol. The third kappa shape index (κ3) is 1.96. The van der Waals surface area contributed by atoms with E-state index in [-0.39, 0.29) is 5.54 Å². The highest BCUT2D eigenvalue weighted by Gasteiger charge is 2.22. The van der Waals surface area contributed by atoms with Crippen molar-refractivity contribution in [3.63, 3.8) is 0 Å². The Morgan fingerprint density at radius 3 is 2.55 bits per heavy atom. The molecule has 0 unspecified atom stereocenters. The molecule has 0 fully saturated rings. The standard InChI is InChI=1S/C8H13ClN2/c1-8(2,3)11-5-4-10-6-7(11)9/h4,6H,5H2,1-3H3. The Balaban J connectivity index is 2.76. The molecule has 0 bridgehead atoms. The summed E-state index contributed by atoms with van der Waals surface area (Å²) in [4.78, 5) is 6.06. The van der Waals surface area contributed by atoms with E-state index in [2.05, 4.69) is 30.7 Å². The first-order chi connectivity index (χ1) is 5.02. The van der Waals surface area contributed by atoms with Crippen LogP contribution < -0.4 is 0 Å². The van der Waals surface area contributed by atoms with Gasteiger partial charge in [-0.2, -0.15) is 0 Å². The van der Waals surface area contributed by atoms with E-state index >= 15 is 0 Å². The maximum atomic E-state index is 5.94. The fourth-order valence-corrected chi connectivity index (χ4v) is 1.37. The smallest absolute Gasteiger partial charge is 0.124 e. The van der Waals surface area contributed by atoms with Gasteiger partial charge in [-0.05, 0) is 20.8 Å². The lowest BCUT2D eigenvalue weighted by Gasteiger charge is -2.36. The summed E-state index contributed by atoms with van der Waals surface area (Å²) in [6.45, 7) is 7.19. The largest absolute Gasteiger partial charge is 0.351 e. The van der Waals surface area contributed by atoms with Crippen LogP contribution in [0.2, 0.25) is 0 Å². The van der Waals surface area contributed by atoms with Crippen molar-refractivity contribution in [2.45, 2.75) is 26.3 Å². The van der Waals surface area contributed by atoms with Gasteiger partial charge in [0.15, 0.2) is 0 Å². The highest BCUT2D eigenvalue weighted by Crippen LogP contribution is 2.22. The van der Waals surface area contributed by atoms with Crippen LogP contribution in [0.25, 0.3) is 0 Å². The topological polar surface area (TPSA) is 15.6 Å². The van der Waals surface area contributed by atoms with Crippen LogP contribution in [0.5, 0.6) is 0 Å². The first-order valence-electron chi connectivity index (χ1n) is 3.67. The molecule has 0 aromatic carbocycles. The van der Waals surface area contributed by atoms with Gasteiger partial charge in [0, 0.05) is 11.8 Å². The van der Waals surface area contributed by atoms with Crippen molar-refractivity contribution < 1.29 is 0 Å². The Morgan fingerprint density at radius 1 is 1.55 bits per heavy atom. The molecule has 0 aromatic heterocycles. The Morgan fingerprint density at radius 2 is 2.18 bits per heavy atom. The van der Waals surface area contributed by atoms with Crippen molar-refractivity contribution in [1.29, 1.82) is 0 Å². The molecule has 0 spiro atoms. The van der Waals surface area contributed by atoms with Gasteiger partial charge in [-0.15, -0.1) is 0 Å². The molecule has 0 aromatic rings. The predicted octanol–water partition coefficient (Wildman–Crippen LogP) is 2.21. The molecule has 0 radical (unpaired) electrons. The van der Waals surface area contributed by atoms with Gasteiger partial charge < -0.3 is 4.90 Å². The number of hydrogen-bond donors (Lipinski definition) is 0. The molecule has 62 valence electrons. The number of nitrogens with zero attached hydrogens (tertiary/aromatic N) is 2. The zero-order valence-electron chi connectivity index (χ0n) is 7.13. The molecule has 0 amide bonds. The maximum Gasteiger partial charge on any atom is 0.124 e. The third-order valence-corrected chi connectivity index (χ3v) is 1.92. The minimum absolute atomic E-state index is 0.0834. The SMILES string of the molecule is CC(C)(C)N1CC=NC=C1Cl. The van der Waals surface area contributed by atoms with Gasteiger partial charge in [0.05, 0.1) is 12.7 Å². The number of rotatable bonds is 0. The van der Waals surface area contributed by atoms with Crippen molar-refractivity contribution in [2.24, 2.45) is 4.99 Å². The van der Waals surface area contributed by atoms with Crippen LogP contribution in [0.3, 0.4) is 0 Å². The summed E-state index contributed by atoms with van der Waals surface area (Å²) in [6, 6.07) is 0. The monoisotopic (exact) mass is 172 g/mol. The van der Waals surface area contributed by atoms with E-state index in [1.165, 1.54) is 0 Å². The highest BCUT2D eigenvalue weighted by molar-refractivity contribution is 6.29. The van der Waals surface area contributed by atoms with E-state index in [0.717, 1.165) is 11.7 Å². The average molecular weight is 173 g/mol. The van der Waals surface area contributed by atoms with Gasteiger partial charge in [0.1, 0.15) is 5.16 Å². The summed E-state index contributed by atoms with van der Waals surface area (Å²) in [7, 11) is 0. The third-order valence-electron chi connectivity index (χ3n) is 1.62. The van der Waals surface area contributed by atoms with Gasteiger partial charge in [0.25, 0.3) is 0 Å². The Kier molecular flexibility index (Phi) is 2.23. The molecule has 11 heavy (non-hydrogen) atoms.